The zero-order valence-corrected chi connectivity index (χ0v) is 11.8. The summed E-state index contributed by atoms with van der Waals surface area (Å²) in [4.78, 5) is 12.2. The highest BCUT2D eigenvalue weighted by atomic mass is 35.5. The first kappa shape index (κ1) is 14.4. The summed E-state index contributed by atoms with van der Waals surface area (Å²) in [5, 5.41) is 3.19. The predicted octanol–water partition coefficient (Wildman–Crippen LogP) is 2.13. The van der Waals surface area contributed by atoms with Crippen LogP contribution in [0.4, 0.5) is 0 Å². The van der Waals surface area contributed by atoms with Crippen molar-refractivity contribution in [2.45, 2.75) is 50.1 Å². The maximum Gasteiger partial charge on any atom is 0.228 e. The van der Waals surface area contributed by atoms with Gasteiger partial charge in [-0.05, 0) is 43.2 Å². The molecular weight excluding hydrogens is 260 g/mol. The van der Waals surface area contributed by atoms with Gasteiger partial charge in [0, 0.05) is 12.1 Å². The number of carbonyl (C=O) groups is 1. The topological polar surface area (TPSA) is 55.1 Å². The van der Waals surface area contributed by atoms with Crippen LogP contribution in [0, 0.1) is 0 Å². The Morgan fingerprint density at radius 2 is 1.84 bits per heavy atom. The van der Waals surface area contributed by atoms with E-state index >= 15 is 0 Å². The van der Waals surface area contributed by atoms with Gasteiger partial charge >= 0.3 is 0 Å². The highest BCUT2D eigenvalue weighted by Gasteiger charge is 2.33. The van der Waals surface area contributed by atoms with Crippen LogP contribution in [-0.2, 0) is 11.2 Å². The molecule has 0 aromatic heterocycles. The van der Waals surface area contributed by atoms with Gasteiger partial charge in [0.05, 0.1) is 5.92 Å². The normalized spacial score (nSPS) is 28.6. The van der Waals surface area contributed by atoms with Gasteiger partial charge in [-0.3, -0.25) is 4.79 Å². The molecule has 3 rings (SSSR count). The third kappa shape index (κ3) is 2.93. The molecule has 3 N–H and O–H groups in total. The van der Waals surface area contributed by atoms with Crippen molar-refractivity contribution in [3.8, 4) is 0 Å². The maximum absolute atomic E-state index is 12.2. The van der Waals surface area contributed by atoms with Gasteiger partial charge in [0.1, 0.15) is 0 Å². The summed E-state index contributed by atoms with van der Waals surface area (Å²) in [7, 11) is 0. The molecule has 1 aromatic carbocycles. The average molecular weight is 281 g/mol. The number of amides is 1. The summed E-state index contributed by atoms with van der Waals surface area (Å²) in [6, 6.07) is 8.90. The van der Waals surface area contributed by atoms with Crippen molar-refractivity contribution in [1.29, 1.82) is 0 Å². The number of nitrogens with one attached hydrogen (secondary N) is 1. The van der Waals surface area contributed by atoms with Crippen molar-refractivity contribution in [3.63, 3.8) is 0 Å². The molecule has 1 atom stereocenters. The molecular formula is C15H21ClN2O. The summed E-state index contributed by atoms with van der Waals surface area (Å²) in [5.41, 5.74) is 8.41. The van der Waals surface area contributed by atoms with Gasteiger partial charge in [0.25, 0.3) is 0 Å². The molecule has 1 saturated carbocycles. The summed E-state index contributed by atoms with van der Waals surface area (Å²) < 4.78 is 0. The number of hydrogen-bond donors (Lipinski definition) is 2. The molecule has 0 heterocycles. The minimum Gasteiger partial charge on any atom is -0.353 e. The summed E-state index contributed by atoms with van der Waals surface area (Å²) in [5.74, 6) is 0.283. The maximum atomic E-state index is 12.2. The van der Waals surface area contributed by atoms with Crippen LogP contribution in [0.2, 0.25) is 0 Å². The lowest BCUT2D eigenvalue weighted by atomic mass is 9.77. The number of nitrogens with two attached hydrogens (primary N) is 1. The van der Waals surface area contributed by atoms with Crippen LogP contribution >= 0.6 is 12.4 Å². The fourth-order valence-corrected chi connectivity index (χ4v) is 3.06. The predicted molar refractivity (Wildman–Crippen MR) is 78.5 cm³/mol. The molecule has 0 bridgehead atoms. The standard InChI is InChI=1S/C15H20N2O.ClH/c16-11-5-7-12(8-6-11)17-15(18)14-9-10-3-1-2-4-13(10)14;/h1-4,11-12,14H,5-9,16H2,(H,17,18);1H. The first-order valence-corrected chi connectivity index (χ1v) is 6.88. The molecule has 2 aliphatic carbocycles. The van der Waals surface area contributed by atoms with Gasteiger partial charge in [0.15, 0.2) is 0 Å². The minimum atomic E-state index is 0. The first-order chi connectivity index (χ1) is 8.74. The van der Waals surface area contributed by atoms with Gasteiger partial charge in [-0.15, -0.1) is 12.4 Å². The zero-order chi connectivity index (χ0) is 12.5. The lowest BCUT2D eigenvalue weighted by Gasteiger charge is -2.32. The van der Waals surface area contributed by atoms with Crippen molar-refractivity contribution in [1.82, 2.24) is 5.32 Å². The van der Waals surface area contributed by atoms with Crippen LogP contribution in [0.1, 0.15) is 42.7 Å². The Hall–Kier alpha value is -1.06. The summed E-state index contributed by atoms with van der Waals surface area (Å²) in [6.45, 7) is 0. The van der Waals surface area contributed by atoms with Crippen molar-refractivity contribution in [2.24, 2.45) is 5.73 Å². The highest BCUT2D eigenvalue weighted by molar-refractivity contribution is 5.87. The van der Waals surface area contributed by atoms with Gasteiger partial charge in [0.2, 0.25) is 5.91 Å². The Morgan fingerprint density at radius 3 is 2.53 bits per heavy atom. The largest absolute Gasteiger partial charge is 0.353 e. The molecule has 0 spiro atoms. The molecule has 1 unspecified atom stereocenters. The zero-order valence-electron chi connectivity index (χ0n) is 11.0. The average Bonchev–Trinajstić information content (AvgIpc) is 2.34. The van der Waals surface area contributed by atoms with E-state index in [0.717, 1.165) is 32.1 Å². The van der Waals surface area contributed by atoms with E-state index in [0.29, 0.717) is 12.1 Å². The number of halogens is 1. The Bertz CT molecular complexity index is 455. The summed E-state index contributed by atoms with van der Waals surface area (Å²) >= 11 is 0. The van der Waals surface area contributed by atoms with E-state index in [4.69, 9.17) is 5.73 Å². The van der Waals surface area contributed by atoms with Crippen LogP contribution in [0.3, 0.4) is 0 Å². The van der Waals surface area contributed by atoms with Gasteiger partial charge in [-0.25, -0.2) is 0 Å². The lowest BCUT2D eigenvalue weighted by molar-refractivity contribution is -0.124. The number of hydrogen-bond acceptors (Lipinski definition) is 2. The van der Waals surface area contributed by atoms with Crippen LogP contribution in [0.15, 0.2) is 24.3 Å². The first-order valence-electron chi connectivity index (χ1n) is 6.88. The molecule has 0 radical (unpaired) electrons. The van der Waals surface area contributed by atoms with Crippen molar-refractivity contribution >= 4 is 18.3 Å². The molecule has 1 aromatic rings. The fraction of sp³-hybridized carbons (Fsp3) is 0.533. The molecule has 1 fully saturated rings. The third-order valence-electron chi connectivity index (χ3n) is 4.29. The quantitative estimate of drug-likeness (QED) is 0.872. The van der Waals surface area contributed by atoms with Crippen LogP contribution in [-0.4, -0.2) is 18.0 Å². The van der Waals surface area contributed by atoms with E-state index in [-0.39, 0.29) is 24.2 Å². The van der Waals surface area contributed by atoms with Crippen LogP contribution in [0.25, 0.3) is 0 Å². The fourth-order valence-electron chi connectivity index (χ4n) is 3.06. The van der Waals surface area contributed by atoms with E-state index in [1.165, 1.54) is 11.1 Å². The second kappa shape index (κ2) is 5.93. The van der Waals surface area contributed by atoms with Crippen molar-refractivity contribution < 1.29 is 4.79 Å². The number of rotatable bonds is 2. The Morgan fingerprint density at radius 1 is 1.16 bits per heavy atom. The van der Waals surface area contributed by atoms with Gasteiger partial charge in [-0.2, -0.15) is 0 Å². The second-order valence-electron chi connectivity index (χ2n) is 5.58. The Kier molecular flexibility index (Phi) is 4.48. The molecule has 1 amide bonds. The van der Waals surface area contributed by atoms with E-state index in [9.17, 15) is 4.79 Å². The molecule has 19 heavy (non-hydrogen) atoms. The molecule has 0 saturated heterocycles. The summed E-state index contributed by atoms with van der Waals surface area (Å²) in [6.07, 6.45) is 5.02. The van der Waals surface area contributed by atoms with Crippen molar-refractivity contribution in [3.05, 3.63) is 35.4 Å². The minimum absolute atomic E-state index is 0. The molecule has 104 valence electrons. The number of carbonyl (C=O) groups excluding carboxylic acids is 1. The van der Waals surface area contributed by atoms with E-state index in [1.54, 1.807) is 0 Å². The van der Waals surface area contributed by atoms with E-state index in [1.807, 2.05) is 12.1 Å². The van der Waals surface area contributed by atoms with Gasteiger partial charge < -0.3 is 11.1 Å². The molecule has 4 heteroatoms. The molecule has 3 nitrogen and oxygen atoms in total. The van der Waals surface area contributed by atoms with E-state index in [2.05, 4.69) is 17.4 Å². The third-order valence-corrected chi connectivity index (χ3v) is 4.29. The second-order valence-corrected chi connectivity index (χ2v) is 5.58. The molecule has 0 aliphatic heterocycles. The number of fused-ring (bicyclic) bond motifs is 1. The SMILES string of the molecule is Cl.NC1CCC(NC(=O)C2Cc3ccccc32)CC1. The van der Waals surface area contributed by atoms with Crippen molar-refractivity contribution in [2.75, 3.05) is 0 Å². The Balaban J connectivity index is 0.00000133. The van der Waals surface area contributed by atoms with Gasteiger partial charge in [-0.1, -0.05) is 24.3 Å². The highest BCUT2D eigenvalue weighted by Crippen LogP contribution is 2.35. The van der Waals surface area contributed by atoms with Crippen LogP contribution in [0.5, 0.6) is 0 Å². The smallest absolute Gasteiger partial charge is 0.228 e. The monoisotopic (exact) mass is 280 g/mol. The van der Waals surface area contributed by atoms with E-state index < -0.39 is 0 Å². The lowest BCUT2D eigenvalue weighted by Crippen LogP contribution is -2.44. The molecule has 2 aliphatic rings. The number of benzene rings is 1. The van der Waals surface area contributed by atoms with Crippen LogP contribution < -0.4 is 11.1 Å². The Labute approximate surface area is 120 Å².